The Labute approximate surface area is 258 Å². The second-order valence-electron chi connectivity index (χ2n) is 11.3. The van der Waals surface area contributed by atoms with Crippen LogP contribution in [-0.2, 0) is 20.9 Å². The Bertz CT molecular complexity index is 1430. The van der Waals surface area contributed by atoms with E-state index in [-0.39, 0.29) is 23.4 Å². The first-order chi connectivity index (χ1) is 20.9. The van der Waals surface area contributed by atoms with Gasteiger partial charge in [0.15, 0.2) is 0 Å². The molecule has 0 aliphatic rings. The first kappa shape index (κ1) is 36.7. The number of aliphatic hydroxyl groups excluding tert-OH is 1. The smallest absolute Gasteiger partial charge is 0.401 e. The summed E-state index contributed by atoms with van der Waals surface area (Å²) < 4.78 is 58.4. The molecule has 0 saturated heterocycles. The number of carbonyl (C=O) groups is 3. The van der Waals surface area contributed by atoms with E-state index in [4.69, 9.17) is 4.74 Å². The lowest BCUT2D eigenvalue weighted by atomic mass is 10.1. The van der Waals surface area contributed by atoms with E-state index in [1.807, 2.05) is 11.4 Å². The van der Waals surface area contributed by atoms with Gasteiger partial charge in [0.1, 0.15) is 41.9 Å². The first-order valence-corrected chi connectivity index (χ1v) is 13.9. The summed E-state index contributed by atoms with van der Waals surface area (Å²) >= 11 is 0. The van der Waals surface area contributed by atoms with Crippen LogP contribution in [0, 0.1) is 24.1 Å². The molecule has 244 valence electrons. The van der Waals surface area contributed by atoms with Crippen LogP contribution in [0.4, 0.5) is 17.6 Å². The lowest BCUT2D eigenvalue weighted by Crippen LogP contribution is -2.58. The number of nitrogens with zero attached hydrogens (tertiary/aromatic N) is 1. The number of nitrogens with one attached hydrogen (secondary N) is 4. The van der Waals surface area contributed by atoms with Crippen LogP contribution in [0.3, 0.4) is 0 Å². The standard InChI is InChI=1S/C31H37F4N5O5/c1-18-9-10-21(24(32)11-18)15-37-28(43)25(39-29(44)26(19(2)41)38-17-31(33,34)35)16-45-23-8-6-7-20(13-23)12-22(14-36)27(42)40-30(3,4)5/h6-13,19,25-26,38,41H,15-17H2,1-5H3,(H,37,43)(H,39,44)(H,40,42)/t19-,25+,26+/m1/s1. The fourth-order valence-electron chi connectivity index (χ4n) is 3.85. The van der Waals surface area contributed by atoms with E-state index >= 15 is 0 Å². The Morgan fingerprint density at radius 2 is 1.78 bits per heavy atom. The highest BCUT2D eigenvalue weighted by Gasteiger charge is 2.34. The molecule has 2 aromatic rings. The quantitative estimate of drug-likeness (QED) is 0.129. The fraction of sp³-hybridized carbons (Fsp3) is 0.419. The maximum atomic E-state index is 14.3. The molecular weight excluding hydrogens is 598 g/mol. The third-order valence-electron chi connectivity index (χ3n) is 6.02. The maximum absolute atomic E-state index is 14.3. The highest BCUT2D eigenvalue weighted by molar-refractivity contribution is 6.02. The van der Waals surface area contributed by atoms with Crippen LogP contribution in [0.1, 0.15) is 44.4 Å². The lowest BCUT2D eigenvalue weighted by Gasteiger charge is -2.25. The van der Waals surface area contributed by atoms with E-state index in [1.165, 1.54) is 30.3 Å². The van der Waals surface area contributed by atoms with Gasteiger partial charge in [-0.2, -0.15) is 18.4 Å². The summed E-state index contributed by atoms with van der Waals surface area (Å²) in [5.41, 5.74) is 0.449. The van der Waals surface area contributed by atoms with Crippen LogP contribution < -0.4 is 26.0 Å². The predicted molar refractivity (Wildman–Crippen MR) is 158 cm³/mol. The topological polar surface area (TPSA) is 153 Å². The van der Waals surface area contributed by atoms with Gasteiger partial charge in [-0.05, 0) is 70.0 Å². The van der Waals surface area contributed by atoms with Crippen molar-refractivity contribution in [3.05, 3.63) is 70.5 Å². The van der Waals surface area contributed by atoms with Crippen molar-refractivity contribution in [1.82, 2.24) is 21.3 Å². The molecule has 2 rings (SSSR count). The molecular formula is C31H37F4N5O5. The molecule has 3 amide bonds. The minimum absolute atomic E-state index is 0.150. The van der Waals surface area contributed by atoms with Crippen molar-refractivity contribution in [3.63, 3.8) is 0 Å². The summed E-state index contributed by atoms with van der Waals surface area (Å²) in [6, 6.07) is 9.10. The van der Waals surface area contributed by atoms with Crippen LogP contribution >= 0.6 is 0 Å². The monoisotopic (exact) mass is 635 g/mol. The Morgan fingerprint density at radius 3 is 2.36 bits per heavy atom. The molecule has 0 fully saturated rings. The zero-order valence-electron chi connectivity index (χ0n) is 25.5. The first-order valence-electron chi connectivity index (χ1n) is 13.9. The molecule has 45 heavy (non-hydrogen) atoms. The van der Waals surface area contributed by atoms with Gasteiger partial charge < -0.3 is 25.8 Å². The van der Waals surface area contributed by atoms with Crippen molar-refractivity contribution in [2.24, 2.45) is 0 Å². The molecule has 0 aliphatic carbocycles. The number of rotatable bonds is 13. The van der Waals surface area contributed by atoms with Crippen molar-refractivity contribution in [2.75, 3.05) is 13.2 Å². The van der Waals surface area contributed by atoms with Crippen LogP contribution in [-0.4, -0.2) is 65.9 Å². The van der Waals surface area contributed by atoms with Crippen molar-refractivity contribution in [1.29, 1.82) is 5.26 Å². The van der Waals surface area contributed by atoms with E-state index in [0.29, 0.717) is 11.1 Å². The molecule has 2 aromatic carbocycles. The van der Waals surface area contributed by atoms with E-state index < -0.39 is 66.6 Å². The summed E-state index contributed by atoms with van der Waals surface area (Å²) in [4.78, 5) is 38.5. The van der Waals surface area contributed by atoms with E-state index in [2.05, 4.69) is 16.0 Å². The number of amides is 3. The van der Waals surface area contributed by atoms with Crippen LogP contribution in [0.15, 0.2) is 48.0 Å². The minimum Gasteiger partial charge on any atom is -0.491 e. The number of carbonyl (C=O) groups excluding carboxylic acids is 3. The van der Waals surface area contributed by atoms with Crippen LogP contribution in [0.5, 0.6) is 5.75 Å². The zero-order valence-corrected chi connectivity index (χ0v) is 25.5. The molecule has 0 bridgehead atoms. The lowest BCUT2D eigenvalue weighted by molar-refractivity contribution is -0.138. The number of aliphatic hydroxyl groups is 1. The minimum atomic E-state index is -4.68. The summed E-state index contributed by atoms with van der Waals surface area (Å²) in [7, 11) is 0. The van der Waals surface area contributed by atoms with Gasteiger partial charge in [0.25, 0.3) is 5.91 Å². The van der Waals surface area contributed by atoms with E-state index in [1.54, 1.807) is 45.9 Å². The Balaban J connectivity index is 2.27. The van der Waals surface area contributed by atoms with Gasteiger partial charge in [0.05, 0.1) is 12.6 Å². The van der Waals surface area contributed by atoms with E-state index in [0.717, 1.165) is 6.92 Å². The molecule has 5 N–H and O–H groups in total. The molecule has 0 aromatic heterocycles. The van der Waals surface area contributed by atoms with Crippen molar-refractivity contribution in [2.45, 2.75) is 71.1 Å². The molecule has 0 spiro atoms. The number of nitriles is 1. The zero-order chi connectivity index (χ0) is 33.9. The fourth-order valence-corrected chi connectivity index (χ4v) is 3.85. The normalized spacial score (nSPS) is 14.0. The van der Waals surface area contributed by atoms with E-state index in [9.17, 15) is 42.3 Å². The number of ether oxygens (including phenoxy) is 1. The molecule has 0 unspecified atom stereocenters. The number of hydrogen-bond acceptors (Lipinski definition) is 7. The average molecular weight is 636 g/mol. The van der Waals surface area contributed by atoms with Gasteiger partial charge in [0, 0.05) is 17.6 Å². The molecule has 10 nitrogen and oxygen atoms in total. The highest BCUT2D eigenvalue weighted by Crippen LogP contribution is 2.18. The SMILES string of the molecule is Cc1ccc(CNC(=O)[C@H](COc2cccc(C=C(C#N)C(=O)NC(C)(C)C)c2)NC(=O)[C@@H](NCC(F)(F)F)[C@@H](C)O)c(F)c1. The van der Waals surface area contributed by atoms with Crippen LogP contribution in [0.2, 0.25) is 0 Å². The van der Waals surface area contributed by atoms with Crippen LogP contribution in [0.25, 0.3) is 6.08 Å². The van der Waals surface area contributed by atoms with Gasteiger partial charge in [-0.25, -0.2) is 4.39 Å². The number of alkyl halides is 3. The molecule has 0 aliphatic heterocycles. The molecule has 3 atom stereocenters. The summed E-state index contributed by atoms with van der Waals surface area (Å²) in [5, 5.41) is 28.8. The summed E-state index contributed by atoms with van der Waals surface area (Å²) in [6.45, 7) is 5.70. The second kappa shape index (κ2) is 16.0. The number of hydrogen-bond donors (Lipinski definition) is 5. The molecule has 0 radical (unpaired) electrons. The van der Waals surface area contributed by atoms with Gasteiger partial charge >= 0.3 is 6.18 Å². The molecule has 0 heterocycles. The maximum Gasteiger partial charge on any atom is 0.401 e. The molecule has 14 heteroatoms. The Morgan fingerprint density at radius 1 is 1.09 bits per heavy atom. The van der Waals surface area contributed by atoms with Gasteiger partial charge in [0.2, 0.25) is 11.8 Å². The Hall–Kier alpha value is -4.48. The average Bonchev–Trinajstić information content (AvgIpc) is 2.91. The summed E-state index contributed by atoms with van der Waals surface area (Å²) in [5.74, 6) is -2.95. The summed E-state index contributed by atoms with van der Waals surface area (Å²) in [6.07, 6.45) is -4.91. The highest BCUT2D eigenvalue weighted by atomic mass is 19.4. The predicted octanol–water partition coefficient (Wildman–Crippen LogP) is 3.04. The number of aryl methyl sites for hydroxylation is 1. The van der Waals surface area contributed by atoms with Gasteiger partial charge in [-0.3, -0.25) is 19.7 Å². The third kappa shape index (κ3) is 13.0. The third-order valence-corrected chi connectivity index (χ3v) is 6.02. The Kier molecular flexibility index (Phi) is 13.1. The van der Waals surface area contributed by atoms with Crippen molar-refractivity contribution < 1.29 is 41.8 Å². The van der Waals surface area contributed by atoms with Gasteiger partial charge in [-0.15, -0.1) is 0 Å². The largest absolute Gasteiger partial charge is 0.491 e. The van der Waals surface area contributed by atoms with Gasteiger partial charge in [-0.1, -0.05) is 24.3 Å². The molecule has 0 saturated carbocycles. The second-order valence-corrected chi connectivity index (χ2v) is 11.3. The van der Waals surface area contributed by atoms with Crippen molar-refractivity contribution in [3.8, 4) is 11.8 Å². The van der Waals surface area contributed by atoms with Crippen molar-refractivity contribution >= 4 is 23.8 Å². The number of halogens is 4. The number of benzene rings is 2.